The van der Waals surface area contributed by atoms with E-state index < -0.39 is 10.3 Å². The molecular weight excluding hydrogens is 220 g/mol. The van der Waals surface area contributed by atoms with Crippen molar-refractivity contribution in [1.29, 1.82) is 0 Å². The van der Waals surface area contributed by atoms with Gasteiger partial charge in [0.1, 0.15) is 0 Å². The minimum atomic E-state index is -1.64. The van der Waals surface area contributed by atoms with E-state index in [4.69, 9.17) is 14.9 Å². The third kappa shape index (κ3) is 3.52. The van der Waals surface area contributed by atoms with Crippen molar-refractivity contribution in [2.75, 3.05) is 0 Å². The van der Waals surface area contributed by atoms with Gasteiger partial charge in [-0.15, -0.1) is 0 Å². The van der Waals surface area contributed by atoms with Crippen LogP contribution in [0.15, 0.2) is 0 Å². The van der Waals surface area contributed by atoms with Crippen molar-refractivity contribution < 1.29 is 8.39 Å². The summed E-state index contributed by atoms with van der Waals surface area (Å²) in [6.07, 6.45) is 3.48. The fraction of sp³-hybridized carbons (Fsp3) is 1.00. The fourth-order valence-corrected chi connectivity index (χ4v) is 3.02. The lowest BCUT2D eigenvalue weighted by molar-refractivity contribution is 0.0586. The molecule has 1 aliphatic rings. The molecule has 0 heterocycles. The Morgan fingerprint density at radius 1 is 1.43 bits per heavy atom. The predicted molar refractivity (Wildman–Crippen MR) is 60.2 cm³/mol. The van der Waals surface area contributed by atoms with E-state index in [1.165, 1.54) is 6.42 Å². The Hall–Kier alpha value is 0.400. The normalized spacial score (nSPS) is 35.9. The number of hydrogen-bond acceptors (Lipinski definition) is 2. The van der Waals surface area contributed by atoms with Crippen molar-refractivity contribution in [3.8, 4) is 0 Å². The molecule has 0 saturated heterocycles. The van der Waals surface area contributed by atoms with Crippen molar-refractivity contribution in [1.82, 2.24) is 0 Å². The summed E-state index contributed by atoms with van der Waals surface area (Å²) >= 11 is 0. The molecule has 4 heteroatoms. The SMILES string of the molecule is CC(C)[C@@H]1CC[C@@H](C)C[C@H]1OS(=O)Cl. The second kappa shape index (κ2) is 5.47. The summed E-state index contributed by atoms with van der Waals surface area (Å²) in [6, 6.07) is 0. The van der Waals surface area contributed by atoms with Crippen molar-refractivity contribution in [3.05, 3.63) is 0 Å². The van der Waals surface area contributed by atoms with Crippen LogP contribution in [0, 0.1) is 17.8 Å². The maximum atomic E-state index is 10.8. The van der Waals surface area contributed by atoms with Crippen molar-refractivity contribution >= 4 is 21.0 Å². The fourth-order valence-electron chi connectivity index (χ4n) is 2.32. The van der Waals surface area contributed by atoms with Crippen LogP contribution < -0.4 is 0 Å². The molecule has 1 saturated carbocycles. The van der Waals surface area contributed by atoms with Gasteiger partial charge in [0.05, 0.1) is 6.10 Å². The Kier molecular flexibility index (Phi) is 4.88. The molecule has 1 unspecified atom stereocenters. The maximum Gasteiger partial charge on any atom is 0.256 e. The van der Waals surface area contributed by atoms with Crippen LogP contribution in [0.3, 0.4) is 0 Å². The van der Waals surface area contributed by atoms with Gasteiger partial charge in [0.15, 0.2) is 0 Å². The van der Waals surface area contributed by atoms with Crippen LogP contribution in [0.4, 0.5) is 0 Å². The molecular formula is C10H19ClO2S. The second-order valence-corrected chi connectivity index (χ2v) is 5.99. The Morgan fingerprint density at radius 2 is 2.07 bits per heavy atom. The molecule has 0 spiro atoms. The molecule has 0 aromatic rings. The molecule has 0 N–H and O–H groups in total. The van der Waals surface area contributed by atoms with Gasteiger partial charge in [0.2, 0.25) is 0 Å². The summed E-state index contributed by atoms with van der Waals surface area (Å²) in [5.41, 5.74) is 0. The zero-order chi connectivity index (χ0) is 10.7. The highest BCUT2D eigenvalue weighted by molar-refractivity contribution is 8.04. The molecule has 0 radical (unpaired) electrons. The van der Waals surface area contributed by atoms with Crippen LogP contribution in [0.2, 0.25) is 0 Å². The standard InChI is InChI=1S/C10H19ClO2S/c1-7(2)9-5-4-8(3)6-10(9)13-14(11)12/h7-10H,4-6H2,1-3H3/t8-,9+,10-,14?/m1/s1. The first-order valence-electron chi connectivity index (χ1n) is 5.26. The van der Waals surface area contributed by atoms with Crippen LogP contribution in [0.5, 0.6) is 0 Å². The molecule has 2 nitrogen and oxygen atoms in total. The number of halogens is 1. The number of rotatable bonds is 3. The molecule has 1 fully saturated rings. The van der Waals surface area contributed by atoms with Gasteiger partial charge in [0.25, 0.3) is 10.3 Å². The largest absolute Gasteiger partial charge is 0.274 e. The molecule has 0 aliphatic heterocycles. The Labute approximate surface area is 93.5 Å². The van der Waals surface area contributed by atoms with Gasteiger partial charge in [-0.3, -0.25) is 4.18 Å². The lowest BCUT2D eigenvalue weighted by Gasteiger charge is -2.35. The summed E-state index contributed by atoms with van der Waals surface area (Å²) in [5, 5.41) is 0. The smallest absolute Gasteiger partial charge is 0.256 e. The van der Waals surface area contributed by atoms with Crippen LogP contribution in [0.25, 0.3) is 0 Å². The number of hydrogen-bond donors (Lipinski definition) is 0. The zero-order valence-corrected chi connectivity index (χ0v) is 10.6. The van der Waals surface area contributed by atoms with Gasteiger partial charge in [-0.1, -0.05) is 27.2 Å². The van der Waals surface area contributed by atoms with Crippen molar-refractivity contribution in [2.24, 2.45) is 17.8 Å². The molecule has 4 atom stereocenters. The third-order valence-corrected chi connectivity index (χ3v) is 3.78. The van der Waals surface area contributed by atoms with E-state index in [1.54, 1.807) is 0 Å². The Bertz CT molecular complexity index is 208. The Balaban J connectivity index is 2.58. The van der Waals surface area contributed by atoms with Gasteiger partial charge in [-0.05, 0) is 30.6 Å². The van der Waals surface area contributed by atoms with E-state index in [-0.39, 0.29) is 6.10 Å². The lowest BCUT2D eigenvalue weighted by Crippen LogP contribution is -2.34. The summed E-state index contributed by atoms with van der Waals surface area (Å²) in [5.74, 6) is 1.75. The van der Waals surface area contributed by atoms with Gasteiger partial charge >= 0.3 is 0 Å². The summed E-state index contributed by atoms with van der Waals surface area (Å²) in [6.45, 7) is 6.59. The molecule has 1 rings (SSSR count). The van der Waals surface area contributed by atoms with Gasteiger partial charge in [-0.2, -0.15) is 0 Å². The minimum Gasteiger partial charge on any atom is -0.274 e. The molecule has 0 aromatic heterocycles. The van der Waals surface area contributed by atoms with E-state index in [0.717, 1.165) is 12.8 Å². The monoisotopic (exact) mass is 238 g/mol. The van der Waals surface area contributed by atoms with Gasteiger partial charge < -0.3 is 0 Å². The van der Waals surface area contributed by atoms with E-state index in [1.807, 2.05) is 0 Å². The predicted octanol–water partition coefficient (Wildman–Crippen LogP) is 3.28. The Morgan fingerprint density at radius 3 is 2.57 bits per heavy atom. The van der Waals surface area contributed by atoms with Crippen molar-refractivity contribution in [2.45, 2.75) is 46.1 Å². The molecule has 0 bridgehead atoms. The summed E-state index contributed by atoms with van der Waals surface area (Å²) < 4.78 is 16.1. The quantitative estimate of drug-likeness (QED) is 0.706. The lowest BCUT2D eigenvalue weighted by atomic mass is 9.75. The minimum absolute atomic E-state index is 0.0806. The van der Waals surface area contributed by atoms with Crippen LogP contribution in [0.1, 0.15) is 40.0 Å². The molecule has 84 valence electrons. The highest BCUT2D eigenvalue weighted by atomic mass is 35.7. The van der Waals surface area contributed by atoms with E-state index in [2.05, 4.69) is 20.8 Å². The zero-order valence-electron chi connectivity index (χ0n) is 9.03. The highest BCUT2D eigenvalue weighted by Crippen LogP contribution is 2.35. The van der Waals surface area contributed by atoms with E-state index >= 15 is 0 Å². The van der Waals surface area contributed by atoms with Crippen LogP contribution in [-0.4, -0.2) is 10.3 Å². The first kappa shape index (κ1) is 12.5. The third-order valence-electron chi connectivity index (χ3n) is 3.16. The van der Waals surface area contributed by atoms with Gasteiger partial charge in [0, 0.05) is 10.7 Å². The summed E-state index contributed by atoms with van der Waals surface area (Å²) in [7, 11) is 3.74. The molecule has 0 amide bonds. The first-order chi connectivity index (χ1) is 6.50. The molecule has 0 aromatic carbocycles. The molecule has 1 aliphatic carbocycles. The second-order valence-electron chi connectivity index (χ2n) is 4.65. The van der Waals surface area contributed by atoms with Crippen molar-refractivity contribution in [3.63, 3.8) is 0 Å². The first-order valence-corrected chi connectivity index (χ1v) is 7.16. The van der Waals surface area contributed by atoms with E-state index in [0.29, 0.717) is 17.8 Å². The average Bonchev–Trinajstić information content (AvgIpc) is 2.01. The maximum absolute atomic E-state index is 10.8. The molecule has 14 heavy (non-hydrogen) atoms. The van der Waals surface area contributed by atoms with E-state index in [9.17, 15) is 4.21 Å². The average molecular weight is 239 g/mol. The van der Waals surface area contributed by atoms with Crippen LogP contribution >= 0.6 is 10.7 Å². The summed E-state index contributed by atoms with van der Waals surface area (Å²) in [4.78, 5) is 0. The van der Waals surface area contributed by atoms with Crippen LogP contribution in [-0.2, 0) is 14.5 Å². The topological polar surface area (TPSA) is 26.3 Å². The van der Waals surface area contributed by atoms with Gasteiger partial charge in [-0.25, -0.2) is 4.21 Å². The highest BCUT2D eigenvalue weighted by Gasteiger charge is 2.32.